The van der Waals surface area contributed by atoms with E-state index in [1.807, 2.05) is 6.07 Å². The summed E-state index contributed by atoms with van der Waals surface area (Å²) in [7, 11) is 0. The molecule has 0 bridgehead atoms. The minimum Gasteiger partial charge on any atom is -0.508 e. The lowest BCUT2D eigenvalue weighted by Gasteiger charge is -2.17. The lowest BCUT2D eigenvalue weighted by Crippen LogP contribution is -2.04. The van der Waals surface area contributed by atoms with E-state index in [4.69, 9.17) is 0 Å². The quantitative estimate of drug-likeness (QED) is 0.337. The van der Waals surface area contributed by atoms with Crippen LogP contribution in [0.15, 0.2) is 12.1 Å². The van der Waals surface area contributed by atoms with Crippen LogP contribution in [0, 0.1) is 10.8 Å². The molecule has 2 N–H and O–H groups in total. The second kappa shape index (κ2) is 10.6. The average molecular weight is 389 g/mol. The van der Waals surface area contributed by atoms with Crippen molar-refractivity contribution in [3.8, 4) is 11.5 Å². The van der Waals surface area contributed by atoms with Crippen LogP contribution in [-0.2, 0) is 12.8 Å². The Bertz CT molecular complexity index is 593. The van der Waals surface area contributed by atoms with Crippen LogP contribution in [0.3, 0.4) is 0 Å². The first kappa shape index (κ1) is 23.1. The summed E-state index contributed by atoms with van der Waals surface area (Å²) in [4.78, 5) is 0. The Morgan fingerprint density at radius 2 is 1.43 bits per heavy atom. The fourth-order valence-electron chi connectivity index (χ4n) is 4.21. The van der Waals surface area contributed by atoms with E-state index in [1.54, 1.807) is 0 Å². The number of hydrogen-bond donors (Lipinski definition) is 2. The predicted octanol–water partition coefficient (Wildman–Crippen LogP) is 7.93. The molecule has 160 valence electrons. The van der Waals surface area contributed by atoms with Crippen molar-refractivity contribution in [3.63, 3.8) is 0 Å². The van der Waals surface area contributed by atoms with Gasteiger partial charge in [0.15, 0.2) is 0 Å². The minimum atomic E-state index is 0.197. The standard InChI is InChI=1S/C26H44O2/c1-25(2,3)15-11-7-6-10-14-23-21(19-22(27)20-24(23)28)13-9-5-8-12-16-26(4)17-18-26/h19-20,27-28H,5-18H2,1-4H3. The molecule has 1 aromatic carbocycles. The highest BCUT2D eigenvalue weighted by Crippen LogP contribution is 2.49. The molecule has 0 aliphatic heterocycles. The third-order valence-corrected chi connectivity index (χ3v) is 6.49. The van der Waals surface area contributed by atoms with E-state index in [2.05, 4.69) is 27.7 Å². The maximum atomic E-state index is 10.4. The SMILES string of the molecule is CC(C)(C)CCCCCCc1c(O)cc(O)cc1CCCCCCC1(C)CC1. The van der Waals surface area contributed by atoms with E-state index < -0.39 is 0 Å². The van der Waals surface area contributed by atoms with Gasteiger partial charge >= 0.3 is 0 Å². The summed E-state index contributed by atoms with van der Waals surface area (Å²) in [6, 6.07) is 3.38. The van der Waals surface area contributed by atoms with Gasteiger partial charge in [0.2, 0.25) is 0 Å². The van der Waals surface area contributed by atoms with Crippen LogP contribution in [0.1, 0.15) is 116 Å². The highest BCUT2D eigenvalue weighted by Gasteiger charge is 2.35. The molecule has 2 rings (SSSR count). The van der Waals surface area contributed by atoms with E-state index >= 15 is 0 Å². The second-order valence-corrected chi connectivity index (χ2v) is 10.8. The number of unbranched alkanes of at least 4 members (excludes halogenated alkanes) is 6. The van der Waals surface area contributed by atoms with Crippen LogP contribution >= 0.6 is 0 Å². The lowest BCUT2D eigenvalue weighted by atomic mass is 9.89. The van der Waals surface area contributed by atoms with Crippen LogP contribution in [0.5, 0.6) is 11.5 Å². The summed E-state index contributed by atoms with van der Waals surface area (Å²) in [6.45, 7) is 9.33. The van der Waals surface area contributed by atoms with E-state index in [0.717, 1.165) is 36.8 Å². The smallest absolute Gasteiger partial charge is 0.122 e. The summed E-state index contributed by atoms with van der Waals surface area (Å²) < 4.78 is 0. The molecular formula is C26H44O2. The summed E-state index contributed by atoms with van der Waals surface area (Å²) in [5.41, 5.74) is 3.33. The number of phenols is 2. The Hall–Kier alpha value is -1.18. The number of rotatable bonds is 13. The molecule has 0 heterocycles. The molecule has 0 radical (unpaired) electrons. The number of phenolic OH excluding ortho intramolecular Hbond substituents is 2. The van der Waals surface area contributed by atoms with Gasteiger partial charge in [-0.15, -0.1) is 0 Å². The third kappa shape index (κ3) is 8.88. The molecule has 1 aliphatic carbocycles. The third-order valence-electron chi connectivity index (χ3n) is 6.49. The van der Waals surface area contributed by atoms with Gasteiger partial charge in [0.1, 0.15) is 11.5 Å². The largest absolute Gasteiger partial charge is 0.508 e. The molecule has 28 heavy (non-hydrogen) atoms. The molecule has 2 heteroatoms. The van der Waals surface area contributed by atoms with E-state index in [0.29, 0.717) is 10.8 Å². The van der Waals surface area contributed by atoms with Gasteiger partial charge in [-0.2, -0.15) is 0 Å². The van der Waals surface area contributed by atoms with Crippen LogP contribution < -0.4 is 0 Å². The highest BCUT2D eigenvalue weighted by atomic mass is 16.3. The first-order valence-electron chi connectivity index (χ1n) is 11.7. The predicted molar refractivity (Wildman–Crippen MR) is 120 cm³/mol. The number of hydrogen-bond acceptors (Lipinski definition) is 2. The molecule has 1 aromatic rings. The lowest BCUT2D eigenvalue weighted by molar-refractivity contribution is 0.357. The van der Waals surface area contributed by atoms with E-state index in [-0.39, 0.29) is 11.5 Å². The molecule has 0 aromatic heterocycles. The van der Waals surface area contributed by atoms with Crippen LogP contribution in [0.25, 0.3) is 0 Å². The van der Waals surface area contributed by atoms with Crippen molar-refractivity contribution in [1.82, 2.24) is 0 Å². The highest BCUT2D eigenvalue weighted by molar-refractivity contribution is 5.45. The maximum absolute atomic E-state index is 10.4. The molecule has 1 fully saturated rings. The molecule has 2 nitrogen and oxygen atoms in total. The maximum Gasteiger partial charge on any atom is 0.122 e. The molecule has 1 saturated carbocycles. The second-order valence-electron chi connectivity index (χ2n) is 10.8. The van der Waals surface area contributed by atoms with E-state index in [1.165, 1.54) is 70.3 Å². The Labute approximate surface area is 173 Å². The Kier molecular flexibility index (Phi) is 8.71. The van der Waals surface area contributed by atoms with Crippen LogP contribution in [0.2, 0.25) is 0 Å². The van der Waals surface area contributed by atoms with Gasteiger partial charge in [0, 0.05) is 6.07 Å². The Morgan fingerprint density at radius 1 is 0.821 bits per heavy atom. The van der Waals surface area contributed by atoms with Gasteiger partial charge < -0.3 is 10.2 Å². The van der Waals surface area contributed by atoms with Crippen molar-refractivity contribution in [1.29, 1.82) is 0 Å². The molecular weight excluding hydrogens is 344 g/mol. The normalized spacial score (nSPS) is 15.7. The summed E-state index contributed by atoms with van der Waals surface area (Å²) >= 11 is 0. The molecule has 1 aliphatic rings. The van der Waals surface area contributed by atoms with Crippen molar-refractivity contribution in [2.45, 2.75) is 118 Å². The fourth-order valence-corrected chi connectivity index (χ4v) is 4.21. The van der Waals surface area contributed by atoms with Crippen molar-refractivity contribution >= 4 is 0 Å². The molecule has 0 unspecified atom stereocenters. The zero-order valence-electron chi connectivity index (χ0n) is 18.9. The summed E-state index contributed by atoms with van der Waals surface area (Å²) in [5.74, 6) is 0.481. The van der Waals surface area contributed by atoms with Crippen molar-refractivity contribution in [2.24, 2.45) is 10.8 Å². The van der Waals surface area contributed by atoms with Crippen molar-refractivity contribution < 1.29 is 10.2 Å². The molecule has 0 spiro atoms. The molecule has 0 saturated heterocycles. The minimum absolute atomic E-state index is 0.197. The first-order chi connectivity index (χ1) is 13.2. The van der Waals surface area contributed by atoms with Crippen LogP contribution in [0.4, 0.5) is 0 Å². The zero-order valence-corrected chi connectivity index (χ0v) is 18.9. The number of aromatic hydroxyl groups is 2. The number of benzene rings is 1. The monoisotopic (exact) mass is 388 g/mol. The van der Waals surface area contributed by atoms with Gasteiger partial charge in [-0.05, 0) is 79.4 Å². The molecule has 0 atom stereocenters. The topological polar surface area (TPSA) is 40.5 Å². The summed E-state index contributed by atoms with van der Waals surface area (Å²) in [5, 5.41) is 20.3. The Morgan fingerprint density at radius 3 is 2.07 bits per heavy atom. The first-order valence-corrected chi connectivity index (χ1v) is 11.7. The van der Waals surface area contributed by atoms with Gasteiger partial charge in [-0.1, -0.05) is 66.2 Å². The van der Waals surface area contributed by atoms with Gasteiger partial charge in [0.05, 0.1) is 0 Å². The van der Waals surface area contributed by atoms with Crippen LogP contribution in [-0.4, -0.2) is 10.2 Å². The van der Waals surface area contributed by atoms with Gasteiger partial charge in [-0.3, -0.25) is 0 Å². The van der Waals surface area contributed by atoms with E-state index in [9.17, 15) is 10.2 Å². The molecule has 0 amide bonds. The van der Waals surface area contributed by atoms with Crippen molar-refractivity contribution in [3.05, 3.63) is 23.3 Å². The average Bonchev–Trinajstić information content (AvgIpc) is 3.32. The van der Waals surface area contributed by atoms with Gasteiger partial charge in [0.25, 0.3) is 0 Å². The summed E-state index contributed by atoms with van der Waals surface area (Å²) in [6.07, 6.45) is 17.4. The van der Waals surface area contributed by atoms with Crippen molar-refractivity contribution in [2.75, 3.05) is 0 Å². The zero-order chi connectivity index (χ0) is 20.6. The Balaban J connectivity index is 1.71. The fraction of sp³-hybridized carbons (Fsp3) is 0.769. The van der Waals surface area contributed by atoms with Gasteiger partial charge in [-0.25, -0.2) is 0 Å². The number of aryl methyl sites for hydroxylation is 1.